The van der Waals surface area contributed by atoms with E-state index in [-0.39, 0.29) is 0 Å². The molecule has 0 aliphatic carbocycles. The maximum absolute atomic E-state index is 12.8. The fourth-order valence-corrected chi connectivity index (χ4v) is 2.50. The quantitative estimate of drug-likeness (QED) is 0.921. The molecule has 3 nitrogen and oxygen atoms in total. The predicted molar refractivity (Wildman–Crippen MR) is 70.8 cm³/mol. The van der Waals surface area contributed by atoms with Crippen LogP contribution in [0, 0.1) is 0 Å². The van der Waals surface area contributed by atoms with Gasteiger partial charge in [-0.25, -0.2) is 0 Å². The molecular weight excluding hydrogens is 269 g/mol. The predicted octanol–water partition coefficient (Wildman–Crippen LogP) is 2.59. The molecule has 1 atom stereocenters. The molecule has 1 aromatic rings. The van der Waals surface area contributed by atoms with Crippen molar-refractivity contribution >= 4 is 0 Å². The summed E-state index contributed by atoms with van der Waals surface area (Å²) in [7, 11) is 1.54. The van der Waals surface area contributed by atoms with Crippen molar-refractivity contribution in [3.05, 3.63) is 29.8 Å². The van der Waals surface area contributed by atoms with Crippen molar-refractivity contribution in [2.24, 2.45) is 0 Å². The molecule has 0 amide bonds. The van der Waals surface area contributed by atoms with Gasteiger partial charge < -0.3 is 10.1 Å². The molecule has 0 radical (unpaired) electrons. The highest BCUT2D eigenvalue weighted by atomic mass is 19.4. The second-order valence-electron chi connectivity index (χ2n) is 4.89. The third-order valence-corrected chi connectivity index (χ3v) is 3.52. The van der Waals surface area contributed by atoms with Gasteiger partial charge in [0.2, 0.25) is 0 Å². The molecule has 1 saturated heterocycles. The molecule has 2 rings (SSSR count). The van der Waals surface area contributed by atoms with E-state index in [0.29, 0.717) is 24.4 Å². The van der Waals surface area contributed by atoms with E-state index in [0.717, 1.165) is 13.1 Å². The fourth-order valence-electron chi connectivity index (χ4n) is 2.50. The molecule has 0 bridgehead atoms. The molecule has 6 heteroatoms. The lowest BCUT2D eigenvalue weighted by molar-refractivity contribution is -0.148. The summed E-state index contributed by atoms with van der Waals surface area (Å²) < 4.78 is 43.5. The lowest BCUT2D eigenvalue weighted by Gasteiger charge is -2.35. The molecule has 1 aliphatic heterocycles. The van der Waals surface area contributed by atoms with Gasteiger partial charge in [0.25, 0.3) is 0 Å². The standard InChI is InChI=1S/C14H19F3N2O/c1-20-12-4-2-11(3-5-12)13(10-14(15,16)17)19-8-6-18-7-9-19/h2-5,13,18H,6-10H2,1H3/t13-/m1/s1. The second-order valence-corrected chi connectivity index (χ2v) is 4.89. The van der Waals surface area contributed by atoms with Crippen LogP contribution in [-0.2, 0) is 0 Å². The van der Waals surface area contributed by atoms with Crippen LogP contribution in [0.4, 0.5) is 13.2 Å². The van der Waals surface area contributed by atoms with Crippen LogP contribution in [0.3, 0.4) is 0 Å². The number of ether oxygens (including phenoxy) is 1. The Morgan fingerprint density at radius 3 is 2.30 bits per heavy atom. The Labute approximate surface area is 116 Å². The number of hydrogen-bond acceptors (Lipinski definition) is 3. The zero-order chi connectivity index (χ0) is 14.6. The van der Waals surface area contributed by atoms with E-state index in [4.69, 9.17) is 4.74 Å². The van der Waals surface area contributed by atoms with E-state index < -0.39 is 18.6 Å². The first-order valence-corrected chi connectivity index (χ1v) is 6.65. The zero-order valence-corrected chi connectivity index (χ0v) is 11.4. The van der Waals surface area contributed by atoms with Crippen molar-refractivity contribution < 1.29 is 17.9 Å². The van der Waals surface area contributed by atoms with Crippen molar-refractivity contribution in [2.75, 3.05) is 33.3 Å². The molecular formula is C14H19F3N2O. The molecule has 1 aliphatic rings. The number of nitrogens with one attached hydrogen (secondary N) is 1. The van der Waals surface area contributed by atoms with Gasteiger partial charge in [0.05, 0.1) is 13.5 Å². The van der Waals surface area contributed by atoms with Crippen LogP contribution in [0.15, 0.2) is 24.3 Å². The van der Waals surface area contributed by atoms with Crippen molar-refractivity contribution in [3.8, 4) is 5.75 Å². The first-order chi connectivity index (χ1) is 9.49. The van der Waals surface area contributed by atoms with Crippen LogP contribution in [-0.4, -0.2) is 44.4 Å². The number of benzene rings is 1. The maximum atomic E-state index is 12.8. The molecule has 1 fully saturated rings. The number of nitrogens with zero attached hydrogens (tertiary/aromatic N) is 1. The van der Waals surface area contributed by atoms with Gasteiger partial charge in [0, 0.05) is 32.2 Å². The summed E-state index contributed by atoms with van der Waals surface area (Å²) in [6, 6.07) is 6.24. The second kappa shape index (κ2) is 6.45. The zero-order valence-electron chi connectivity index (χ0n) is 11.4. The van der Waals surface area contributed by atoms with Crippen molar-refractivity contribution in [3.63, 3.8) is 0 Å². The molecule has 1 N–H and O–H groups in total. The van der Waals surface area contributed by atoms with Gasteiger partial charge in [-0.2, -0.15) is 13.2 Å². The first-order valence-electron chi connectivity index (χ1n) is 6.65. The lowest BCUT2D eigenvalue weighted by Crippen LogP contribution is -2.46. The largest absolute Gasteiger partial charge is 0.497 e. The Kier molecular flexibility index (Phi) is 4.88. The summed E-state index contributed by atoms with van der Waals surface area (Å²) in [4.78, 5) is 1.89. The summed E-state index contributed by atoms with van der Waals surface area (Å²) in [5.74, 6) is 0.653. The smallest absolute Gasteiger partial charge is 0.390 e. The Balaban J connectivity index is 2.19. The first kappa shape index (κ1) is 15.1. The average Bonchev–Trinajstić information content (AvgIpc) is 2.45. The fraction of sp³-hybridized carbons (Fsp3) is 0.571. The van der Waals surface area contributed by atoms with Gasteiger partial charge >= 0.3 is 6.18 Å². The van der Waals surface area contributed by atoms with Gasteiger partial charge in [-0.1, -0.05) is 12.1 Å². The average molecular weight is 288 g/mol. The lowest BCUT2D eigenvalue weighted by atomic mass is 10.0. The van der Waals surface area contributed by atoms with Gasteiger partial charge in [-0.05, 0) is 17.7 Å². The monoisotopic (exact) mass is 288 g/mol. The highest BCUT2D eigenvalue weighted by molar-refractivity contribution is 5.29. The van der Waals surface area contributed by atoms with E-state index >= 15 is 0 Å². The number of methoxy groups -OCH3 is 1. The van der Waals surface area contributed by atoms with E-state index in [1.807, 2.05) is 4.90 Å². The summed E-state index contributed by atoms with van der Waals surface area (Å²) in [6.07, 6.45) is -4.99. The topological polar surface area (TPSA) is 24.5 Å². The van der Waals surface area contributed by atoms with E-state index in [1.54, 1.807) is 31.4 Å². The summed E-state index contributed by atoms with van der Waals surface area (Å²) >= 11 is 0. The minimum Gasteiger partial charge on any atom is -0.497 e. The molecule has 1 heterocycles. The van der Waals surface area contributed by atoms with Crippen molar-refractivity contribution in [1.82, 2.24) is 10.2 Å². The van der Waals surface area contributed by atoms with Crippen molar-refractivity contribution in [1.29, 1.82) is 0 Å². The summed E-state index contributed by atoms with van der Waals surface area (Å²) in [5, 5.41) is 3.16. The van der Waals surface area contributed by atoms with Crippen LogP contribution in [0.2, 0.25) is 0 Å². The van der Waals surface area contributed by atoms with Crippen LogP contribution >= 0.6 is 0 Å². The Morgan fingerprint density at radius 1 is 1.20 bits per heavy atom. The number of piperazine rings is 1. The van der Waals surface area contributed by atoms with Crippen LogP contribution in [0.1, 0.15) is 18.0 Å². The van der Waals surface area contributed by atoms with Crippen LogP contribution in [0.25, 0.3) is 0 Å². The third kappa shape index (κ3) is 4.11. The highest BCUT2D eigenvalue weighted by Crippen LogP contribution is 2.34. The van der Waals surface area contributed by atoms with Crippen LogP contribution < -0.4 is 10.1 Å². The minimum atomic E-state index is -4.17. The normalized spacial score (nSPS) is 18.8. The summed E-state index contributed by atoms with van der Waals surface area (Å²) in [5.41, 5.74) is 0.685. The van der Waals surface area contributed by atoms with E-state index in [1.165, 1.54) is 0 Å². The number of alkyl halides is 3. The molecule has 112 valence electrons. The molecule has 1 aromatic carbocycles. The minimum absolute atomic E-state index is 0.622. The number of halogens is 3. The Bertz CT molecular complexity index is 413. The number of hydrogen-bond donors (Lipinski definition) is 1. The van der Waals surface area contributed by atoms with Gasteiger partial charge in [-0.3, -0.25) is 4.90 Å². The molecule has 0 unspecified atom stereocenters. The molecule has 0 saturated carbocycles. The van der Waals surface area contributed by atoms with E-state index in [9.17, 15) is 13.2 Å². The SMILES string of the molecule is COc1ccc([C@@H](CC(F)(F)F)N2CCNCC2)cc1. The summed E-state index contributed by atoms with van der Waals surface area (Å²) in [6.45, 7) is 2.72. The Morgan fingerprint density at radius 2 is 1.80 bits per heavy atom. The van der Waals surface area contributed by atoms with Crippen molar-refractivity contribution in [2.45, 2.75) is 18.6 Å². The van der Waals surface area contributed by atoms with Gasteiger partial charge in [-0.15, -0.1) is 0 Å². The molecule has 0 aromatic heterocycles. The van der Waals surface area contributed by atoms with Crippen LogP contribution in [0.5, 0.6) is 5.75 Å². The van der Waals surface area contributed by atoms with Gasteiger partial charge in [0.15, 0.2) is 0 Å². The molecule has 0 spiro atoms. The number of rotatable bonds is 4. The third-order valence-electron chi connectivity index (χ3n) is 3.52. The highest BCUT2D eigenvalue weighted by Gasteiger charge is 2.35. The maximum Gasteiger partial charge on any atom is 0.390 e. The Hall–Kier alpha value is -1.27. The molecule has 20 heavy (non-hydrogen) atoms. The van der Waals surface area contributed by atoms with Gasteiger partial charge in [0.1, 0.15) is 5.75 Å². The van der Waals surface area contributed by atoms with E-state index in [2.05, 4.69) is 5.32 Å².